The van der Waals surface area contributed by atoms with Crippen molar-refractivity contribution in [2.45, 2.75) is 38.1 Å². The van der Waals surface area contributed by atoms with Gasteiger partial charge in [0.25, 0.3) is 5.91 Å². The van der Waals surface area contributed by atoms with Crippen LogP contribution in [-0.4, -0.2) is 37.6 Å². The van der Waals surface area contributed by atoms with Crippen LogP contribution in [0.5, 0.6) is 0 Å². The molecule has 1 fully saturated rings. The Kier molecular flexibility index (Phi) is 4.62. The molecule has 0 spiro atoms. The maximum Gasteiger partial charge on any atom is 0.256 e. The van der Waals surface area contributed by atoms with Crippen LogP contribution >= 0.6 is 11.5 Å². The quantitative estimate of drug-likeness (QED) is 0.733. The van der Waals surface area contributed by atoms with E-state index in [1.54, 1.807) is 24.3 Å². The molecular formula is C18H18N4O3S. The SMILES string of the molecule is CC[C@H]1O[C@@H](c2snc3c(NC(=O)c4ccccc4)ncnc23)C[C@@H]1O. The number of nitrogens with one attached hydrogen (secondary N) is 1. The minimum atomic E-state index is -0.485. The van der Waals surface area contributed by atoms with E-state index in [9.17, 15) is 9.90 Å². The number of fused-ring (bicyclic) bond motifs is 1. The van der Waals surface area contributed by atoms with Gasteiger partial charge >= 0.3 is 0 Å². The summed E-state index contributed by atoms with van der Waals surface area (Å²) in [7, 11) is 0. The third-order valence-electron chi connectivity index (χ3n) is 4.48. The highest BCUT2D eigenvalue weighted by atomic mass is 32.1. The van der Waals surface area contributed by atoms with Crippen molar-refractivity contribution in [1.29, 1.82) is 0 Å². The molecule has 26 heavy (non-hydrogen) atoms. The molecule has 2 N–H and O–H groups in total. The maximum absolute atomic E-state index is 12.4. The summed E-state index contributed by atoms with van der Waals surface area (Å²) in [4.78, 5) is 21.7. The van der Waals surface area contributed by atoms with E-state index in [1.165, 1.54) is 17.9 Å². The lowest BCUT2D eigenvalue weighted by Crippen LogP contribution is -2.18. The molecule has 0 bridgehead atoms. The van der Waals surface area contributed by atoms with Gasteiger partial charge < -0.3 is 15.2 Å². The fourth-order valence-corrected chi connectivity index (χ4v) is 3.99. The summed E-state index contributed by atoms with van der Waals surface area (Å²) < 4.78 is 10.4. The van der Waals surface area contributed by atoms with Crippen molar-refractivity contribution >= 4 is 34.3 Å². The Morgan fingerprint density at radius 1 is 1.31 bits per heavy atom. The van der Waals surface area contributed by atoms with Crippen molar-refractivity contribution in [1.82, 2.24) is 14.3 Å². The molecule has 2 aromatic heterocycles. The Morgan fingerprint density at radius 2 is 2.12 bits per heavy atom. The molecule has 0 unspecified atom stereocenters. The first-order valence-electron chi connectivity index (χ1n) is 8.47. The molecule has 0 aliphatic carbocycles. The van der Waals surface area contributed by atoms with Crippen molar-refractivity contribution in [3.63, 3.8) is 0 Å². The molecule has 3 heterocycles. The zero-order valence-corrected chi connectivity index (χ0v) is 14.9. The average Bonchev–Trinajstić information content (AvgIpc) is 3.26. The van der Waals surface area contributed by atoms with Gasteiger partial charge in [0.1, 0.15) is 17.4 Å². The maximum atomic E-state index is 12.4. The van der Waals surface area contributed by atoms with E-state index in [0.717, 1.165) is 11.3 Å². The number of carbonyl (C=O) groups excluding carboxylic acids is 1. The molecule has 3 aromatic rings. The first kappa shape index (κ1) is 17.0. The van der Waals surface area contributed by atoms with Crippen LogP contribution in [0.2, 0.25) is 0 Å². The molecule has 3 atom stereocenters. The van der Waals surface area contributed by atoms with Crippen LogP contribution in [0.4, 0.5) is 5.82 Å². The van der Waals surface area contributed by atoms with Crippen LogP contribution in [0.15, 0.2) is 36.7 Å². The fourth-order valence-electron chi connectivity index (χ4n) is 3.12. The van der Waals surface area contributed by atoms with E-state index in [2.05, 4.69) is 19.7 Å². The van der Waals surface area contributed by atoms with Gasteiger partial charge in [0.2, 0.25) is 0 Å². The van der Waals surface area contributed by atoms with Crippen LogP contribution in [-0.2, 0) is 4.74 Å². The lowest BCUT2D eigenvalue weighted by atomic mass is 10.1. The topological polar surface area (TPSA) is 97.2 Å². The fraction of sp³-hybridized carbons (Fsp3) is 0.333. The summed E-state index contributed by atoms with van der Waals surface area (Å²) in [5.74, 6) is 0.121. The second-order valence-electron chi connectivity index (χ2n) is 6.16. The number of aromatic nitrogens is 3. The first-order valence-corrected chi connectivity index (χ1v) is 9.25. The number of amides is 1. The van der Waals surface area contributed by atoms with E-state index >= 15 is 0 Å². The lowest BCUT2D eigenvalue weighted by Gasteiger charge is -2.11. The van der Waals surface area contributed by atoms with Gasteiger partial charge in [-0.15, -0.1) is 0 Å². The third kappa shape index (κ3) is 3.07. The van der Waals surface area contributed by atoms with Gasteiger partial charge in [-0.3, -0.25) is 4.79 Å². The molecule has 0 saturated carbocycles. The van der Waals surface area contributed by atoms with Crippen molar-refractivity contribution in [2.75, 3.05) is 5.32 Å². The number of ether oxygens (including phenoxy) is 1. The number of nitrogens with zero attached hydrogens (tertiary/aromatic N) is 3. The van der Waals surface area contributed by atoms with Gasteiger partial charge in [0.05, 0.1) is 23.2 Å². The summed E-state index contributed by atoms with van der Waals surface area (Å²) in [5, 5.41) is 12.9. The van der Waals surface area contributed by atoms with Crippen molar-refractivity contribution in [2.24, 2.45) is 0 Å². The van der Waals surface area contributed by atoms with Gasteiger partial charge in [-0.05, 0) is 30.1 Å². The zero-order valence-electron chi connectivity index (χ0n) is 14.1. The number of hydrogen-bond donors (Lipinski definition) is 2. The summed E-state index contributed by atoms with van der Waals surface area (Å²) in [6.45, 7) is 1.99. The second kappa shape index (κ2) is 7.06. The monoisotopic (exact) mass is 370 g/mol. The van der Waals surface area contributed by atoms with Gasteiger partial charge in [0, 0.05) is 12.0 Å². The van der Waals surface area contributed by atoms with Crippen LogP contribution in [0, 0.1) is 0 Å². The lowest BCUT2D eigenvalue weighted by molar-refractivity contribution is 0.00924. The molecule has 1 aromatic carbocycles. The number of rotatable bonds is 4. The average molecular weight is 370 g/mol. The molecule has 4 rings (SSSR count). The number of carbonyl (C=O) groups is 1. The van der Waals surface area contributed by atoms with E-state index in [1.807, 2.05) is 13.0 Å². The Hall–Kier alpha value is -2.42. The highest BCUT2D eigenvalue weighted by molar-refractivity contribution is 7.07. The summed E-state index contributed by atoms with van der Waals surface area (Å²) in [6.07, 6.45) is 1.78. The normalized spacial score (nSPS) is 22.6. The molecule has 7 nitrogen and oxygen atoms in total. The second-order valence-corrected chi connectivity index (χ2v) is 6.97. The molecular weight excluding hydrogens is 352 g/mol. The number of benzene rings is 1. The Morgan fingerprint density at radius 3 is 2.85 bits per heavy atom. The van der Waals surface area contributed by atoms with E-state index in [0.29, 0.717) is 28.8 Å². The van der Waals surface area contributed by atoms with Gasteiger partial charge in [-0.1, -0.05) is 25.1 Å². The summed E-state index contributed by atoms with van der Waals surface area (Å²) in [5.41, 5.74) is 1.74. The zero-order chi connectivity index (χ0) is 18.1. The number of anilines is 1. The van der Waals surface area contributed by atoms with E-state index in [4.69, 9.17) is 4.74 Å². The standard InChI is InChI=1S/C18H18N4O3S/c1-2-12-11(23)8-13(25-12)16-14-15(22-26-16)17(20-9-19-14)21-18(24)10-6-4-3-5-7-10/h3-7,9,11-13,23H,2,8H2,1H3,(H,19,20,21,24)/t11-,12+,13+/m0/s1. The highest BCUT2D eigenvalue weighted by Crippen LogP contribution is 2.39. The minimum Gasteiger partial charge on any atom is -0.390 e. The van der Waals surface area contributed by atoms with Crippen molar-refractivity contribution < 1.29 is 14.6 Å². The number of aliphatic hydroxyl groups is 1. The first-order chi connectivity index (χ1) is 12.7. The van der Waals surface area contributed by atoms with Gasteiger partial charge in [-0.2, -0.15) is 4.37 Å². The van der Waals surface area contributed by atoms with Crippen LogP contribution in [0.1, 0.15) is 41.1 Å². The van der Waals surface area contributed by atoms with Crippen LogP contribution < -0.4 is 5.32 Å². The van der Waals surface area contributed by atoms with Gasteiger partial charge in [0.15, 0.2) is 5.82 Å². The number of hydrogen-bond acceptors (Lipinski definition) is 7. The van der Waals surface area contributed by atoms with Crippen molar-refractivity contribution in [3.05, 3.63) is 47.1 Å². The molecule has 134 valence electrons. The molecule has 1 aliphatic rings. The summed E-state index contributed by atoms with van der Waals surface area (Å²) in [6, 6.07) is 8.93. The Labute approximate surface area is 154 Å². The smallest absolute Gasteiger partial charge is 0.256 e. The summed E-state index contributed by atoms with van der Waals surface area (Å²) >= 11 is 1.27. The van der Waals surface area contributed by atoms with Crippen LogP contribution in [0.25, 0.3) is 11.0 Å². The highest BCUT2D eigenvalue weighted by Gasteiger charge is 2.36. The van der Waals surface area contributed by atoms with Crippen molar-refractivity contribution in [3.8, 4) is 0 Å². The number of aliphatic hydroxyl groups excluding tert-OH is 1. The Balaban J connectivity index is 1.63. The molecule has 8 heteroatoms. The largest absolute Gasteiger partial charge is 0.390 e. The molecule has 1 aliphatic heterocycles. The Bertz CT molecular complexity index is 931. The molecule has 0 radical (unpaired) electrons. The van der Waals surface area contributed by atoms with Crippen LogP contribution in [0.3, 0.4) is 0 Å². The molecule has 1 saturated heterocycles. The third-order valence-corrected chi connectivity index (χ3v) is 5.40. The van der Waals surface area contributed by atoms with E-state index < -0.39 is 6.10 Å². The minimum absolute atomic E-state index is 0.170. The molecule has 1 amide bonds. The predicted molar refractivity (Wildman–Crippen MR) is 98.1 cm³/mol. The van der Waals surface area contributed by atoms with Gasteiger partial charge in [-0.25, -0.2) is 9.97 Å². The predicted octanol–water partition coefficient (Wildman–Crippen LogP) is 2.94. The van der Waals surface area contributed by atoms with E-state index in [-0.39, 0.29) is 18.1 Å².